The first kappa shape index (κ1) is 15.3. The van der Waals surface area contributed by atoms with Gasteiger partial charge in [0.2, 0.25) is 0 Å². The number of ether oxygens (including phenoxy) is 1. The number of methoxy groups -OCH3 is 1. The Kier molecular flexibility index (Phi) is 4.16. The molecule has 5 nitrogen and oxygen atoms in total. The highest BCUT2D eigenvalue weighted by Crippen LogP contribution is 2.33. The number of anilines is 3. The van der Waals surface area contributed by atoms with Gasteiger partial charge in [-0.15, -0.1) is 0 Å². The third kappa shape index (κ3) is 2.98. The molecule has 0 aliphatic heterocycles. The first-order valence-electron chi connectivity index (χ1n) is 6.85. The van der Waals surface area contributed by atoms with Gasteiger partial charge >= 0.3 is 0 Å². The van der Waals surface area contributed by atoms with E-state index in [0.29, 0.717) is 17.3 Å². The molecule has 0 aliphatic carbocycles. The van der Waals surface area contributed by atoms with Crippen LogP contribution in [0.2, 0.25) is 5.02 Å². The lowest BCUT2D eigenvalue weighted by molar-refractivity contribution is 0.417. The molecule has 118 valence electrons. The number of fused-ring (bicyclic) bond motifs is 1. The number of benzene rings is 2. The molecule has 3 rings (SSSR count). The molecule has 3 aromatic rings. The number of hydrogen-bond donors (Lipinski definition) is 2. The zero-order valence-electron chi connectivity index (χ0n) is 12.5. The number of hydrogen-bond acceptors (Lipinski definition) is 5. The molecule has 2 N–H and O–H groups in total. The first-order chi connectivity index (χ1) is 11.1. The summed E-state index contributed by atoms with van der Waals surface area (Å²) in [6.07, 6.45) is 1.45. The van der Waals surface area contributed by atoms with Crippen LogP contribution in [0.25, 0.3) is 10.9 Å². The van der Waals surface area contributed by atoms with E-state index in [1.54, 1.807) is 20.2 Å². The van der Waals surface area contributed by atoms with Gasteiger partial charge in [0.25, 0.3) is 0 Å². The largest absolute Gasteiger partial charge is 0.495 e. The van der Waals surface area contributed by atoms with Crippen molar-refractivity contribution in [3.8, 4) is 5.75 Å². The van der Waals surface area contributed by atoms with Gasteiger partial charge in [0, 0.05) is 24.2 Å². The molecule has 0 unspecified atom stereocenters. The maximum absolute atomic E-state index is 13.3. The first-order valence-corrected chi connectivity index (χ1v) is 7.22. The Bertz CT molecular complexity index is 872. The highest BCUT2D eigenvalue weighted by atomic mass is 35.5. The predicted octanol–water partition coefficient (Wildman–Crippen LogP) is 4.22. The van der Waals surface area contributed by atoms with Gasteiger partial charge in [0.05, 0.1) is 23.3 Å². The van der Waals surface area contributed by atoms with Gasteiger partial charge in [-0.2, -0.15) is 0 Å². The Balaban J connectivity index is 2.08. The van der Waals surface area contributed by atoms with E-state index in [4.69, 9.17) is 16.3 Å². The average molecular weight is 333 g/mol. The second-order valence-electron chi connectivity index (χ2n) is 4.80. The quantitative estimate of drug-likeness (QED) is 0.749. The van der Waals surface area contributed by atoms with Crippen LogP contribution >= 0.6 is 11.6 Å². The van der Waals surface area contributed by atoms with E-state index in [1.165, 1.54) is 18.5 Å². The predicted molar refractivity (Wildman–Crippen MR) is 90.3 cm³/mol. The van der Waals surface area contributed by atoms with Crippen molar-refractivity contribution < 1.29 is 9.13 Å². The topological polar surface area (TPSA) is 59.1 Å². The lowest BCUT2D eigenvalue weighted by Crippen LogP contribution is -1.99. The molecule has 0 fully saturated rings. The molecule has 0 bridgehead atoms. The summed E-state index contributed by atoms with van der Waals surface area (Å²) in [6.45, 7) is 0. The molecule has 0 saturated heterocycles. The minimum Gasteiger partial charge on any atom is -0.495 e. The monoisotopic (exact) mass is 332 g/mol. The van der Waals surface area contributed by atoms with E-state index in [1.807, 2.05) is 12.1 Å². The molecule has 0 saturated carbocycles. The van der Waals surface area contributed by atoms with Crippen LogP contribution in [0.1, 0.15) is 0 Å². The van der Waals surface area contributed by atoms with Crippen molar-refractivity contribution in [1.29, 1.82) is 0 Å². The summed E-state index contributed by atoms with van der Waals surface area (Å²) >= 11 is 5.81. The van der Waals surface area contributed by atoms with Crippen LogP contribution in [0.3, 0.4) is 0 Å². The fraction of sp³-hybridized carbons (Fsp3) is 0.125. The van der Waals surface area contributed by atoms with Crippen LogP contribution < -0.4 is 15.4 Å². The summed E-state index contributed by atoms with van der Waals surface area (Å²) < 4.78 is 18.6. The van der Waals surface area contributed by atoms with Gasteiger partial charge in [0.15, 0.2) is 0 Å². The highest BCUT2D eigenvalue weighted by molar-refractivity contribution is 6.31. The van der Waals surface area contributed by atoms with Crippen molar-refractivity contribution in [1.82, 2.24) is 9.97 Å². The Hall–Kier alpha value is -2.60. The zero-order chi connectivity index (χ0) is 16.4. The van der Waals surface area contributed by atoms with Gasteiger partial charge in [-0.05, 0) is 24.3 Å². The van der Waals surface area contributed by atoms with Crippen LogP contribution in [0.4, 0.5) is 21.6 Å². The SMILES string of the molecule is CNc1cc2c(Nc3ccc(F)c(Cl)c3)ncnc2cc1OC. The molecule has 0 aliphatic rings. The average Bonchev–Trinajstić information content (AvgIpc) is 2.57. The van der Waals surface area contributed by atoms with Crippen molar-refractivity contribution in [2.75, 3.05) is 24.8 Å². The summed E-state index contributed by atoms with van der Waals surface area (Å²) in [4.78, 5) is 8.51. The van der Waals surface area contributed by atoms with E-state index >= 15 is 0 Å². The third-order valence-corrected chi connectivity index (χ3v) is 3.70. The second kappa shape index (κ2) is 6.26. The molecule has 1 aromatic heterocycles. The molecule has 0 atom stereocenters. The molecule has 2 aromatic carbocycles. The highest BCUT2D eigenvalue weighted by Gasteiger charge is 2.10. The number of halogens is 2. The summed E-state index contributed by atoms with van der Waals surface area (Å²) in [7, 11) is 3.41. The van der Waals surface area contributed by atoms with Gasteiger partial charge in [-0.3, -0.25) is 0 Å². The van der Waals surface area contributed by atoms with Crippen LogP contribution in [0.15, 0.2) is 36.7 Å². The smallest absolute Gasteiger partial charge is 0.144 e. The van der Waals surface area contributed by atoms with Crippen molar-refractivity contribution in [3.63, 3.8) is 0 Å². The Labute approximate surface area is 137 Å². The molecule has 0 spiro atoms. The van der Waals surface area contributed by atoms with Crippen LogP contribution in [-0.2, 0) is 0 Å². The fourth-order valence-electron chi connectivity index (χ4n) is 2.26. The summed E-state index contributed by atoms with van der Waals surface area (Å²) in [5.74, 6) is 0.818. The van der Waals surface area contributed by atoms with Crippen LogP contribution in [0.5, 0.6) is 5.75 Å². The molecule has 7 heteroatoms. The second-order valence-corrected chi connectivity index (χ2v) is 5.20. The molecular formula is C16H14ClFN4O. The summed E-state index contributed by atoms with van der Waals surface area (Å²) in [5.41, 5.74) is 2.18. The van der Waals surface area contributed by atoms with Gasteiger partial charge in [0.1, 0.15) is 23.7 Å². The maximum Gasteiger partial charge on any atom is 0.144 e. The van der Waals surface area contributed by atoms with Gasteiger partial charge in [-0.1, -0.05) is 11.6 Å². The summed E-state index contributed by atoms with van der Waals surface area (Å²) in [6, 6.07) is 8.12. The zero-order valence-corrected chi connectivity index (χ0v) is 13.3. The molecule has 1 heterocycles. The van der Waals surface area contributed by atoms with E-state index in [9.17, 15) is 4.39 Å². The van der Waals surface area contributed by atoms with Crippen molar-refractivity contribution in [2.24, 2.45) is 0 Å². The number of nitrogens with zero attached hydrogens (tertiary/aromatic N) is 2. The maximum atomic E-state index is 13.3. The van der Waals surface area contributed by atoms with Crippen molar-refractivity contribution in [2.45, 2.75) is 0 Å². The van der Waals surface area contributed by atoms with Crippen molar-refractivity contribution in [3.05, 3.63) is 47.5 Å². The van der Waals surface area contributed by atoms with E-state index < -0.39 is 5.82 Å². The summed E-state index contributed by atoms with van der Waals surface area (Å²) in [5, 5.41) is 7.05. The number of rotatable bonds is 4. The van der Waals surface area contributed by atoms with Crippen molar-refractivity contribution >= 4 is 39.7 Å². The minimum absolute atomic E-state index is 0.0472. The van der Waals surface area contributed by atoms with Gasteiger partial charge < -0.3 is 15.4 Å². The molecular weight excluding hydrogens is 319 g/mol. The fourth-order valence-corrected chi connectivity index (χ4v) is 2.44. The van der Waals surface area contributed by atoms with Gasteiger partial charge in [-0.25, -0.2) is 14.4 Å². The molecule has 23 heavy (non-hydrogen) atoms. The Morgan fingerprint density at radius 2 is 2.00 bits per heavy atom. The standard InChI is InChI=1S/C16H14ClFN4O/c1-19-14-6-10-13(7-15(14)23-2)20-8-21-16(10)22-9-3-4-12(18)11(17)5-9/h3-8,19H,1-2H3,(H,20,21,22). The third-order valence-electron chi connectivity index (χ3n) is 3.41. The molecule has 0 amide bonds. The number of nitrogens with one attached hydrogen (secondary N) is 2. The van der Waals surface area contributed by atoms with E-state index in [2.05, 4.69) is 20.6 Å². The van der Waals surface area contributed by atoms with E-state index in [-0.39, 0.29) is 5.02 Å². The van der Waals surface area contributed by atoms with Crippen LogP contribution in [-0.4, -0.2) is 24.1 Å². The minimum atomic E-state index is -0.466. The molecule has 0 radical (unpaired) electrons. The normalized spacial score (nSPS) is 10.6. The van der Waals surface area contributed by atoms with E-state index in [0.717, 1.165) is 16.6 Å². The lowest BCUT2D eigenvalue weighted by Gasteiger charge is -2.12. The lowest BCUT2D eigenvalue weighted by atomic mass is 10.2. The number of aromatic nitrogens is 2. The Morgan fingerprint density at radius 3 is 2.70 bits per heavy atom. The van der Waals surface area contributed by atoms with Crippen LogP contribution in [0, 0.1) is 5.82 Å². The Morgan fingerprint density at radius 1 is 1.17 bits per heavy atom.